The maximum absolute atomic E-state index is 10.9. The lowest BCUT2D eigenvalue weighted by Crippen LogP contribution is -2.83. The van der Waals surface area contributed by atoms with Gasteiger partial charge in [0.1, 0.15) is 6.54 Å². The highest BCUT2D eigenvalue weighted by atomic mass is 16.3. The van der Waals surface area contributed by atoms with Crippen molar-refractivity contribution in [3.8, 4) is 0 Å². The fourth-order valence-corrected chi connectivity index (χ4v) is 1.36. The smallest absolute Gasteiger partial charge is 0.298 e. The van der Waals surface area contributed by atoms with Gasteiger partial charge in [-0.2, -0.15) is 0 Å². The zero-order valence-electron chi connectivity index (χ0n) is 7.20. The lowest BCUT2D eigenvalue weighted by atomic mass is 10.1. The monoisotopic (exact) mass is 172 g/mol. The lowest BCUT2D eigenvalue weighted by molar-refractivity contribution is -0.507. The van der Waals surface area contributed by atoms with Gasteiger partial charge in [0, 0.05) is 13.1 Å². The first-order valence-corrected chi connectivity index (χ1v) is 4.28. The molecule has 1 fully saturated rings. The molecule has 0 unspecified atom stereocenters. The molecular formula is C8H16N2O2. The van der Waals surface area contributed by atoms with Crippen molar-refractivity contribution in [3.05, 3.63) is 7.05 Å². The number of piperidine rings is 1. The molecule has 0 spiro atoms. The Morgan fingerprint density at radius 1 is 1.58 bits per heavy atom. The molecule has 4 nitrogen and oxygen atoms in total. The number of hydrogen-bond acceptors (Lipinski definition) is 3. The molecule has 0 bridgehead atoms. The summed E-state index contributed by atoms with van der Waals surface area (Å²) >= 11 is 0. The van der Waals surface area contributed by atoms with Crippen LogP contribution in [0.4, 0.5) is 0 Å². The number of carbonyl (C=O) groups excluding carboxylic acids is 1. The second kappa shape index (κ2) is 4.54. The summed E-state index contributed by atoms with van der Waals surface area (Å²) < 4.78 is 0. The molecule has 0 aromatic rings. The Labute approximate surface area is 72.6 Å². The zero-order valence-corrected chi connectivity index (χ0v) is 7.20. The van der Waals surface area contributed by atoms with Crippen LogP contribution in [0.2, 0.25) is 0 Å². The molecule has 0 saturated carbocycles. The summed E-state index contributed by atoms with van der Waals surface area (Å²) in [6, 6.07) is 0. The Balaban J connectivity index is 2.21. The van der Waals surface area contributed by atoms with Crippen LogP contribution in [0.3, 0.4) is 0 Å². The third kappa shape index (κ3) is 2.89. The lowest BCUT2D eigenvalue weighted by Gasteiger charge is -2.27. The quantitative estimate of drug-likeness (QED) is 0.489. The first kappa shape index (κ1) is 9.64. The standard InChI is InChI=1S/C8H16N2O2/c1-9-8(12)6-10-4-2-7(11)3-5-10/h7,11H,1-6,9H2. The van der Waals surface area contributed by atoms with Crippen molar-refractivity contribution in [2.75, 3.05) is 19.6 Å². The van der Waals surface area contributed by atoms with Gasteiger partial charge in [-0.05, 0) is 12.8 Å². The Kier molecular flexibility index (Phi) is 3.65. The largest absolute Gasteiger partial charge is 0.414 e. The predicted molar refractivity (Wildman–Crippen MR) is 44.0 cm³/mol. The Morgan fingerprint density at radius 2 is 2.17 bits per heavy atom. The maximum Gasteiger partial charge on any atom is 0.298 e. The maximum atomic E-state index is 10.9. The van der Waals surface area contributed by atoms with E-state index in [4.69, 9.17) is 0 Å². The van der Waals surface area contributed by atoms with E-state index in [0.717, 1.165) is 25.9 Å². The molecule has 4 heteroatoms. The fourth-order valence-electron chi connectivity index (χ4n) is 1.36. The van der Waals surface area contributed by atoms with E-state index in [1.165, 1.54) is 5.32 Å². The molecule has 0 aromatic carbocycles. The van der Waals surface area contributed by atoms with Gasteiger partial charge in [0.15, 0.2) is 0 Å². The molecule has 1 heterocycles. The van der Waals surface area contributed by atoms with Gasteiger partial charge in [-0.25, -0.2) is 4.79 Å². The van der Waals surface area contributed by atoms with Crippen LogP contribution >= 0.6 is 0 Å². The zero-order chi connectivity index (χ0) is 8.97. The van der Waals surface area contributed by atoms with Crippen LogP contribution in [0, 0.1) is 7.05 Å². The number of likely N-dealkylation sites (tertiary alicyclic amines) is 1. The number of rotatable bonds is 2. The normalized spacial score (nSPS) is 21.2. The predicted octanol–water partition coefficient (Wildman–Crippen LogP) is -1.68. The highest BCUT2D eigenvalue weighted by Gasteiger charge is 2.18. The molecule has 70 valence electrons. The molecule has 0 atom stereocenters. The Bertz CT molecular complexity index is 153. The van der Waals surface area contributed by atoms with Crippen molar-refractivity contribution in [2.24, 2.45) is 0 Å². The van der Waals surface area contributed by atoms with Gasteiger partial charge in [0.2, 0.25) is 0 Å². The second-order valence-electron chi connectivity index (χ2n) is 3.18. The van der Waals surface area contributed by atoms with Gasteiger partial charge < -0.3 is 10.4 Å². The first-order chi connectivity index (χ1) is 5.72. The number of aliphatic hydroxyl groups is 1. The van der Waals surface area contributed by atoms with Crippen LogP contribution in [-0.2, 0) is 4.79 Å². The molecule has 1 rings (SSSR count). The van der Waals surface area contributed by atoms with Crippen LogP contribution in [0.15, 0.2) is 0 Å². The molecule has 3 N–H and O–H groups in total. The number of hydrogen-bond donors (Lipinski definition) is 2. The molecule has 1 amide bonds. The number of carbonyl (C=O) groups is 1. The summed E-state index contributed by atoms with van der Waals surface area (Å²) in [4.78, 5) is 13.0. The van der Waals surface area contributed by atoms with Crippen molar-refractivity contribution in [1.82, 2.24) is 4.90 Å². The SMILES string of the molecule is [CH2-][NH2+]C(=O)CN1CCC(O)CC1. The average Bonchev–Trinajstić information content (AvgIpc) is 2.09. The third-order valence-corrected chi connectivity index (χ3v) is 2.16. The first-order valence-electron chi connectivity index (χ1n) is 4.28. The summed E-state index contributed by atoms with van der Waals surface area (Å²) in [6.45, 7) is 2.09. The molecule has 0 aromatic heterocycles. The minimum Gasteiger partial charge on any atom is -0.414 e. The summed E-state index contributed by atoms with van der Waals surface area (Å²) in [6.07, 6.45) is 1.40. The summed E-state index contributed by atoms with van der Waals surface area (Å²) in [7, 11) is 3.42. The van der Waals surface area contributed by atoms with Gasteiger partial charge in [-0.15, -0.1) is 7.05 Å². The number of nitrogens with zero attached hydrogens (tertiary/aromatic N) is 1. The van der Waals surface area contributed by atoms with Gasteiger partial charge in [-0.3, -0.25) is 4.90 Å². The van der Waals surface area contributed by atoms with Crippen LogP contribution in [0.25, 0.3) is 0 Å². The number of amides is 1. The Morgan fingerprint density at radius 3 is 2.67 bits per heavy atom. The minimum atomic E-state index is -0.167. The van der Waals surface area contributed by atoms with E-state index in [9.17, 15) is 9.90 Å². The minimum absolute atomic E-state index is 0.0615. The molecule has 1 saturated heterocycles. The Hall–Kier alpha value is -0.450. The van der Waals surface area contributed by atoms with Crippen molar-refractivity contribution < 1.29 is 15.2 Å². The van der Waals surface area contributed by atoms with E-state index >= 15 is 0 Å². The second-order valence-corrected chi connectivity index (χ2v) is 3.18. The molecular weight excluding hydrogens is 156 g/mol. The van der Waals surface area contributed by atoms with E-state index in [1.54, 1.807) is 0 Å². The van der Waals surface area contributed by atoms with Gasteiger partial charge in [-0.1, -0.05) is 0 Å². The number of aliphatic hydroxyl groups excluding tert-OH is 1. The van der Waals surface area contributed by atoms with Crippen molar-refractivity contribution in [2.45, 2.75) is 18.9 Å². The van der Waals surface area contributed by atoms with E-state index in [2.05, 4.69) is 11.9 Å². The number of quaternary nitrogens is 1. The van der Waals surface area contributed by atoms with Crippen LogP contribution in [0.1, 0.15) is 12.8 Å². The summed E-state index contributed by atoms with van der Waals surface area (Å²) in [5, 5.41) is 10.5. The van der Waals surface area contributed by atoms with E-state index in [1.807, 2.05) is 0 Å². The van der Waals surface area contributed by atoms with Crippen LogP contribution in [-0.4, -0.2) is 41.7 Å². The van der Waals surface area contributed by atoms with Crippen molar-refractivity contribution in [1.29, 1.82) is 0 Å². The van der Waals surface area contributed by atoms with Gasteiger partial charge in [0.25, 0.3) is 5.91 Å². The third-order valence-electron chi connectivity index (χ3n) is 2.16. The highest BCUT2D eigenvalue weighted by molar-refractivity contribution is 5.67. The summed E-state index contributed by atoms with van der Waals surface area (Å²) in [5.74, 6) is 0.0615. The molecule has 12 heavy (non-hydrogen) atoms. The number of primary amides is 1. The van der Waals surface area contributed by atoms with Gasteiger partial charge >= 0.3 is 0 Å². The number of nitrogens with two attached hydrogens (primary N) is 1. The van der Waals surface area contributed by atoms with Crippen LogP contribution in [0.5, 0.6) is 0 Å². The topological polar surface area (TPSA) is 57.2 Å². The molecule has 0 aliphatic carbocycles. The van der Waals surface area contributed by atoms with E-state index in [-0.39, 0.29) is 12.0 Å². The van der Waals surface area contributed by atoms with Crippen molar-refractivity contribution >= 4 is 5.91 Å². The van der Waals surface area contributed by atoms with E-state index < -0.39 is 0 Å². The molecule has 0 radical (unpaired) electrons. The summed E-state index contributed by atoms with van der Waals surface area (Å²) in [5.41, 5.74) is 0. The van der Waals surface area contributed by atoms with Gasteiger partial charge in [0.05, 0.1) is 6.10 Å². The highest BCUT2D eigenvalue weighted by Crippen LogP contribution is 2.08. The molecule has 1 aliphatic heterocycles. The van der Waals surface area contributed by atoms with Crippen LogP contribution < -0.4 is 5.32 Å². The molecule has 1 aliphatic rings. The fraction of sp³-hybridized carbons (Fsp3) is 0.750. The average molecular weight is 172 g/mol. The van der Waals surface area contributed by atoms with Crippen molar-refractivity contribution in [3.63, 3.8) is 0 Å². The van der Waals surface area contributed by atoms with E-state index in [0.29, 0.717) is 6.54 Å².